The lowest BCUT2D eigenvalue weighted by molar-refractivity contribution is 0.624. The molecule has 0 aliphatic rings. The molecule has 1 rings (SSSR count). The van der Waals surface area contributed by atoms with Crippen LogP contribution in [0, 0.1) is 6.92 Å². The molecule has 0 atom stereocenters. The lowest BCUT2D eigenvalue weighted by atomic mass is 10.1. The predicted molar refractivity (Wildman–Crippen MR) is 85.8 cm³/mol. The molecule has 0 bridgehead atoms. The summed E-state index contributed by atoms with van der Waals surface area (Å²) in [6.45, 7) is 10.1. The van der Waals surface area contributed by atoms with Crippen LogP contribution < -0.4 is 4.90 Å². The van der Waals surface area contributed by atoms with Gasteiger partial charge in [0.2, 0.25) is 0 Å². The van der Waals surface area contributed by atoms with Crippen molar-refractivity contribution < 1.29 is 0 Å². The Labute approximate surface area is 121 Å². The van der Waals surface area contributed by atoms with Crippen molar-refractivity contribution in [2.24, 2.45) is 0 Å². The number of anilines is 1. The minimum atomic E-state index is 0.558. The van der Waals surface area contributed by atoms with E-state index in [0.717, 1.165) is 11.9 Å². The van der Waals surface area contributed by atoms with Crippen LogP contribution in [0.25, 0.3) is 0 Å². The molecule has 18 heavy (non-hydrogen) atoms. The van der Waals surface area contributed by atoms with Gasteiger partial charge in [-0.25, -0.2) is 0 Å². The number of unbranched alkanes of at least 4 members (excludes halogenated alkanes) is 2. The molecule has 0 fully saturated rings. The Bertz CT molecular complexity index is 360. The van der Waals surface area contributed by atoms with Gasteiger partial charge in [0.25, 0.3) is 0 Å². The predicted octanol–water partition coefficient (Wildman–Crippen LogP) is 5.29. The fraction of sp³-hybridized carbons (Fsp3) is 0.625. The second-order valence-corrected chi connectivity index (χ2v) is 5.82. The van der Waals surface area contributed by atoms with Crippen molar-refractivity contribution in [3.8, 4) is 0 Å². The average molecular weight is 312 g/mol. The number of aryl methyl sites for hydroxylation is 1. The highest BCUT2D eigenvalue weighted by Gasteiger charge is 2.13. The monoisotopic (exact) mass is 311 g/mol. The van der Waals surface area contributed by atoms with Gasteiger partial charge < -0.3 is 4.90 Å². The summed E-state index contributed by atoms with van der Waals surface area (Å²) in [7, 11) is 0. The Kier molecular flexibility index (Phi) is 6.77. The minimum absolute atomic E-state index is 0.558. The summed E-state index contributed by atoms with van der Waals surface area (Å²) >= 11 is 3.62. The summed E-state index contributed by atoms with van der Waals surface area (Å²) in [4.78, 5) is 2.53. The molecule has 2 heteroatoms. The van der Waals surface area contributed by atoms with Gasteiger partial charge in [0.05, 0.1) is 0 Å². The second kappa shape index (κ2) is 7.83. The van der Waals surface area contributed by atoms with Gasteiger partial charge in [-0.3, -0.25) is 0 Å². The molecule has 1 nitrogen and oxygen atoms in total. The molecular formula is C16H26BrN. The third-order valence-corrected chi connectivity index (χ3v) is 3.92. The lowest BCUT2D eigenvalue weighted by Gasteiger charge is -2.31. The van der Waals surface area contributed by atoms with Crippen LogP contribution >= 0.6 is 15.9 Å². The van der Waals surface area contributed by atoms with E-state index in [2.05, 4.69) is 66.7 Å². The smallest absolute Gasteiger partial charge is 0.0409 e. The average Bonchev–Trinajstić information content (AvgIpc) is 2.35. The van der Waals surface area contributed by atoms with E-state index in [-0.39, 0.29) is 0 Å². The van der Waals surface area contributed by atoms with Crippen molar-refractivity contribution in [1.29, 1.82) is 0 Å². The fourth-order valence-corrected chi connectivity index (χ4v) is 2.74. The van der Waals surface area contributed by atoms with Crippen LogP contribution in [-0.2, 0) is 5.33 Å². The maximum atomic E-state index is 3.62. The molecule has 0 aliphatic heterocycles. The van der Waals surface area contributed by atoms with Crippen molar-refractivity contribution in [2.75, 3.05) is 11.4 Å². The molecule has 0 aliphatic carbocycles. The molecule has 102 valence electrons. The van der Waals surface area contributed by atoms with Crippen LogP contribution in [0.2, 0.25) is 0 Å². The summed E-state index contributed by atoms with van der Waals surface area (Å²) < 4.78 is 0. The van der Waals surface area contributed by atoms with Gasteiger partial charge in [-0.15, -0.1) is 0 Å². The van der Waals surface area contributed by atoms with Gasteiger partial charge in [-0.05, 0) is 38.8 Å². The molecular weight excluding hydrogens is 286 g/mol. The van der Waals surface area contributed by atoms with E-state index >= 15 is 0 Å². The van der Waals surface area contributed by atoms with Crippen molar-refractivity contribution in [3.05, 3.63) is 29.3 Å². The normalized spacial score (nSPS) is 11.0. The van der Waals surface area contributed by atoms with Crippen LogP contribution in [0.15, 0.2) is 18.2 Å². The fourth-order valence-electron chi connectivity index (χ4n) is 2.29. The van der Waals surface area contributed by atoms with Crippen molar-refractivity contribution in [1.82, 2.24) is 0 Å². The van der Waals surface area contributed by atoms with E-state index in [1.165, 1.54) is 36.1 Å². The van der Waals surface area contributed by atoms with Crippen LogP contribution in [-0.4, -0.2) is 12.6 Å². The quantitative estimate of drug-likeness (QED) is 0.488. The van der Waals surface area contributed by atoms with E-state index in [0.29, 0.717) is 6.04 Å². The Morgan fingerprint density at radius 3 is 2.50 bits per heavy atom. The zero-order chi connectivity index (χ0) is 13.5. The zero-order valence-electron chi connectivity index (χ0n) is 12.2. The lowest BCUT2D eigenvalue weighted by Crippen LogP contribution is -2.32. The van der Waals surface area contributed by atoms with Gasteiger partial charge >= 0.3 is 0 Å². The molecule has 0 unspecified atom stereocenters. The third kappa shape index (κ3) is 4.31. The Hall–Kier alpha value is -0.500. The standard InChI is InChI=1S/C16H26BrN/c1-5-6-7-10-18(13(2)3)16-9-8-14(4)11-15(16)12-17/h8-9,11,13H,5-7,10,12H2,1-4H3. The molecule has 0 heterocycles. The largest absolute Gasteiger partial charge is 0.369 e. The first-order valence-electron chi connectivity index (χ1n) is 7.02. The maximum absolute atomic E-state index is 3.62. The molecule has 0 amide bonds. The van der Waals surface area contributed by atoms with Crippen LogP contribution in [0.1, 0.15) is 51.2 Å². The van der Waals surface area contributed by atoms with Gasteiger partial charge in [0.15, 0.2) is 0 Å². The first-order valence-corrected chi connectivity index (χ1v) is 8.14. The number of halogens is 1. The van der Waals surface area contributed by atoms with E-state index in [9.17, 15) is 0 Å². The van der Waals surface area contributed by atoms with Crippen molar-refractivity contribution >= 4 is 21.6 Å². The Morgan fingerprint density at radius 1 is 1.22 bits per heavy atom. The molecule has 0 spiro atoms. The van der Waals surface area contributed by atoms with Crippen LogP contribution in [0.5, 0.6) is 0 Å². The van der Waals surface area contributed by atoms with E-state index in [1.807, 2.05) is 0 Å². The number of rotatable bonds is 7. The van der Waals surface area contributed by atoms with Gasteiger partial charge in [-0.2, -0.15) is 0 Å². The van der Waals surface area contributed by atoms with Gasteiger partial charge in [0.1, 0.15) is 0 Å². The van der Waals surface area contributed by atoms with Crippen molar-refractivity contribution in [3.63, 3.8) is 0 Å². The summed E-state index contributed by atoms with van der Waals surface area (Å²) in [5.41, 5.74) is 4.13. The first kappa shape index (κ1) is 15.6. The summed E-state index contributed by atoms with van der Waals surface area (Å²) in [6.07, 6.45) is 3.88. The zero-order valence-corrected chi connectivity index (χ0v) is 13.8. The number of hydrogen-bond donors (Lipinski definition) is 0. The molecule has 0 N–H and O–H groups in total. The summed E-state index contributed by atoms with van der Waals surface area (Å²) in [5.74, 6) is 0. The van der Waals surface area contributed by atoms with Crippen LogP contribution in [0.3, 0.4) is 0 Å². The van der Waals surface area contributed by atoms with E-state index in [4.69, 9.17) is 0 Å². The molecule has 1 aromatic carbocycles. The minimum Gasteiger partial charge on any atom is -0.369 e. The number of benzene rings is 1. The highest BCUT2D eigenvalue weighted by molar-refractivity contribution is 9.08. The number of hydrogen-bond acceptors (Lipinski definition) is 1. The van der Waals surface area contributed by atoms with E-state index in [1.54, 1.807) is 0 Å². The van der Waals surface area contributed by atoms with Crippen molar-refractivity contribution in [2.45, 2.75) is 58.3 Å². The number of alkyl halides is 1. The molecule has 0 saturated carbocycles. The first-order chi connectivity index (χ1) is 8.60. The molecule has 0 radical (unpaired) electrons. The third-order valence-electron chi connectivity index (χ3n) is 3.31. The summed E-state index contributed by atoms with van der Waals surface area (Å²) in [6, 6.07) is 7.34. The highest BCUT2D eigenvalue weighted by atomic mass is 79.9. The molecule has 0 aromatic heterocycles. The maximum Gasteiger partial charge on any atom is 0.0409 e. The molecule has 0 saturated heterocycles. The van der Waals surface area contributed by atoms with Crippen LogP contribution in [0.4, 0.5) is 5.69 Å². The van der Waals surface area contributed by atoms with E-state index < -0.39 is 0 Å². The summed E-state index contributed by atoms with van der Waals surface area (Å²) in [5, 5.41) is 0.932. The highest BCUT2D eigenvalue weighted by Crippen LogP contribution is 2.26. The Morgan fingerprint density at radius 2 is 1.94 bits per heavy atom. The molecule has 1 aromatic rings. The van der Waals surface area contributed by atoms with Gasteiger partial charge in [0, 0.05) is 23.6 Å². The second-order valence-electron chi connectivity index (χ2n) is 5.26. The number of nitrogens with zero attached hydrogens (tertiary/aromatic N) is 1. The SMILES string of the molecule is CCCCCN(c1ccc(C)cc1CBr)C(C)C. The Balaban J connectivity index is 2.90. The van der Waals surface area contributed by atoms with Gasteiger partial charge in [-0.1, -0.05) is 53.4 Å². The topological polar surface area (TPSA) is 3.24 Å².